The van der Waals surface area contributed by atoms with Gasteiger partial charge in [-0.05, 0) is 25.7 Å². The lowest BCUT2D eigenvalue weighted by Crippen LogP contribution is -2.44. The van der Waals surface area contributed by atoms with E-state index >= 15 is 0 Å². The van der Waals surface area contributed by atoms with Crippen LogP contribution >= 0.6 is 11.8 Å². The quantitative estimate of drug-likeness (QED) is 0.706. The van der Waals surface area contributed by atoms with Gasteiger partial charge in [-0.2, -0.15) is 0 Å². The van der Waals surface area contributed by atoms with Gasteiger partial charge >= 0.3 is 5.97 Å². The normalized spacial score (nSPS) is 17.8. The molecule has 0 radical (unpaired) electrons. The predicted octanol–water partition coefficient (Wildman–Crippen LogP) is 1.76. The van der Waals surface area contributed by atoms with E-state index in [9.17, 15) is 9.59 Å². The molecule has 0 aromatic carbocycles. The van der Waals surface area contributed by atoms with Crippen molar-refractivity contribution in [1.82, 2.24) is 4.90 Å². The molecule has 0 bridgehead atoms. The van der Waals surface area contributed by atoms with E-state index in [1.165, 1.54) is 16.7 Å². The number of rotatable bonds is 4. The maximum Gasteiger partial charge on any atom is 0.329 e. The van der Waals surface area contributed by atoms with Gasteiger partial charge in [0.2, 0.25) is 5.91 Å². The van der Waals surface area contributed by atoms with Crippen LogP contribution in [0.3, 0.4) is 0 Å². The van der Waals surface area contributed by atoms with Crippen molar-refractivity contribution >= 4 is 23.6 Å². The molecule has 0 aromatic rings. The fourth-order valence-electron chi connectivity index (χ4n) is 1.45. The van der Waals surface area contributed by atoms with Crippen molar-refractivity contribution in [3.63, 3.8) is 0 Å². The first-order chi connectivity index (χ1) is 7.56. The minimum Gasteiger partial charge on any atom is -0.461 e. The van der Waals surface area contributed by atoms with Crippen molar-refractivity contribution in [2.45, 2.75) is 39.3 Å². The number of hydrogen-bond donors (Lipinski definition) is 0. The van der Waals surface area contributed by atoms with Gasteiger partial charge in [0.15, 0.2) is 0 Å². The number of carbonyl (C=O) groups is 2. The number of thioether (sulfide) groups is 1. The minimum atomic E-state index is -0.493. The fourth-order valence-corrected chi connectivity index (χ4v) is 2.06. The van der Waals surface area contributed by atoms with E-state index in [1.54, 1.807) is 20.0 Å². The molecule has 1 amide bonds. The van der Waals surface area contributed by atoms with Crippen LogP contribution in [0.4, 0.5) is 0 Å². The van der Waals surface area contributed by atoms with E-state index in [1.807, 2.05) is 12.3 Å². The number of ether oxygens (including phenoxy) is 1. The molecule has 1 heterocycles. The van der Waals surface area contributed by atoms with Crippen LogP contribution < -0.4 is 0 Å². The highest BCUT2D eigenvalue weighted by Gasteiger charge is 2.29. The summed E-state index contributed by atoms with van der Waals surface area (Å²) in [6.07, 6.45) is 2.07. The lowest BCUT2D eigenvalue weighted by Gasteiger charge is -2.28. The van der Waals surface area contributed by atoms with E-state index in [0.29, 0.717) is 12.2 Å². The molecule has 0 spiro atoms. The van der Waals surface area contributed by atoms with Crippen molar-refractivity contribution in [2.75, 3.05) is 5.75 Å². The van der Waals surface area contributed by atoms with E-state index in [-0.39, 0.29) is 18.0 Å². The highest BCUT2D eigenvalue weighted by Crippen LogP contribution is 2.18. The standard InChI is InChI=1S/C11H17NO3S/c1-4-9(11(14)15-8(2)3)12-5-6-16-7-10(12)13/h5-6,8-9H,4,7H2,1-3H3. The van der Waals surface area contributed by atoms with E-state index in [0.717, 1.165) is 0 Å². The summed E-state index contributed by atoms with van der Waals surface area (Å²) < 4.78 is 5.13. The number of hydrogen-bond acceptors (Lipinski definition) is 4. The Labute approximate surface area is 100 Å². The fraction of sp³-hybridized carbons (Fsp3) is 0.636. The molecule has 0 N–H and O–H groups in total. The average molecular weight is 243 g/mol. The van der Waals surface area contributed by atoms with Crippen LogP contribution in [0.2, 0.25) is 0 Å². The van der Waals surface area contributed by atoms with Gasteiger partial charge in [0, 0.05) is 6.20 Å². The van der Waals surface area contributed by atoms with E-state index in [4.69, 9.17) is 4.74 Å². The van der Waals surface area contributed by atoms with Gasteiger partial charge in [0.1, 0.15) is 6.04 Å². The molecule has 1 aliphatic rings. The topological polar surface area (TPSA) is 46.6 Å². The van der Waals surface area contributed by atoms with Crippen LogP contribution in [0.1, 0.15) is 27.2 Å². The summed E-state index contributed by atoms with van der Waals surface area (Å²) in [4.78, 5) is 24.9. The van der Waals surface area contributed by atoms with Gasteiger partial charge in [-0.3, -0.25) is 4.79 Å². The van der Waals surface area contributed by atoms with Crippen LogP contribution in [-0.4, -0.2) is 34.7 Å². The lowest BCUT2D eigenvalue weighted by molar-refractivity contribution is -0.156. The monoisotopic (exact) mass is 243 g/mol. The summed E-state index contributed by atoms with van der Waals surface area (Å²) in [5, 5.41) is 1.83. The largest absolute Gasteiger partial charge is 0.461 e. The molecule has 0 saturated heterocycles. The zero-order valence-electron chi connectivity index (χ0n) is 9.80. The Morgan fingerprint density at radius 3 is 2.81 bits per heavy atom. The molecule has 5 heteroatoms. The summed E-state index contributed by atoms with van der Waals surface area (Å²) in [5.74, 6) is 0.0181. The Balaban J connectivity index is 2.72. The van der Waals surface area contributed by atoms with Crippen molar-refractivity contribution in [1.29, 1.82) is 0 Å². The zero-order valence-corrected chi connectivity index (χ0v) is 10.6. The van der Waals surface area contributed by atoms with E-state index in [2.05, 4.69) is 0 Å². The molecular weight excluding hydrogens is 226 g/mol. The highest BCUT2D eigenvalue weighted by molar-refractivity contribution is 8.02. The second-order valence-corrected chi connectivity index (χ2v) is 4.70. The summed E-state index contributed by atoms with van der Waals surface area (Å²) >= 11 is 1.44. The van der Waals surface area contributed by atoms with Gasteiger partial charge in [-0.1, -0.05) is 6.92 Å². The molecular formula is C11H17NO3S. The third kappa shape index (κ3) is 3.27. The molecule has 1 aliphatic heterocycles. The second kappa shape index (κ2) is 5.94. The summed E-state index contributed by atoms with van der Waals surface area (Å²) in [5.41, 5.74) is 0. The molecule has 0 aromatic heterocycles. The van der Waals surface area contributed by atoms with E-state index < -0.39 is 6.04 Å². The first-order valence-electron chi connectivity index (χ1n) is 5.36. The maximum atomic E-state index is 11.8. The number of amides is 1. The third-order valence-corrected chi connectivity index (χ3v) is 2.89. The van der Waals surface area contributed by atoms with Gasteiger partial charge in [0.25, 0.3) is 0 Å². The Hall–Kier alpha value is -0.970. The van der Waals surface area contributed by atoms with Crippen LogP contribution in [0.5, 0.6) is 0 Å². The molecule has 0 fully saturated rings. The Kier molecular flexibility index (Phi) is 4.86. The molecule has 1 atom stereocenters. The average Bonchev–Trinajstić information content (AvgIpc) is 2.20. The van der Waals surface area contributed by atoms with Crippen molar-refractivity contribution in [3.05, 3.63) is 11.6 Å². The SMILES string of the molecule is CCC(C(=O)OC(C)C)N1C=CSCC1=O. The molecule has 0 aliphatic carbocycles. The zero-order chi connectivity index (χ0) is 12.1. The predicted molar refractivity (Wildman–Crippen MR) is 63.8 cm³/mol. The second-order valence-electron chi connectivity index (χ2n) is 3.81. The molecule has 0 saturated carbocycles. The summed E-state index contributed by atoms with van der Waals surface area (Å²) in [6.45, 7) is 5.47. The molecule has 16 heavy (non-hydrogen) atoms. The van der Waals surface area contributed by atoms with Crippen LogP contribution in [-0.2, 0) is 14.3 Å². The Bertz CT molecular complexity index is 302. The molecule has 4 nitrogen and oxygen atoms in total. The number of nitrogens with zero attached hydrogens (tertiary/aromatic N) is 1. The summed E-state index contributed by atoms with van der Waals surface area (Å²) in [7, 11) is 0. The Morgan fingerprint density at radius 2 is 2.31 bits per heavy atom. The maximum absolute atomic E-state index is 11.8. The number of esters is 1. The van der Waals surface area contributed by atoms with Crippen LogP contribution in [0.15, 0.2) is 11.6 Å². The van der Waals surface area contributed by atoms with Crippen molar-refractivity contribution in [2.24, 2.45) is 0 Å². The van der Waals surface area contributed by atoms with Gasteiger partial charge in [-0.25, -0.2) is 4.79 Å². The van der Waals surface area contributed by atoms with Gasteiger partial charge in [-0.15, -0.1) is 11.8 Å². The Morgan fingerprint density at radius 1 is 1.62 bits per heavy atom. The van der Waals surface area contributed by atoms with Gasteiger partial charge in [0.05, 0.1) is 11.9 Å². The minimum absolute atomic E-state index is 0.0416. The van der Waals surface area contributed by atoms with Gasteiger partial charge < -0.3 is 9.64 Å². The third-order valence-electron chi connectivity index (χ3n) is 2.16. The van der Waals surface area contributed by atoms with Crippen molar-refractivity contribution in [3.8, 4) is 0 Å². The lowest BCUT2D eigenvalue weighted by atomic mass is 10.2. The molecule has 90 valence electrons. The van der Waals surface area contributed by atoms with Crippen LogP contribution in [0, 0.1) is 0 Å². The summed E-state index contributed by atoms with van der Waals surface area (Å²) in [6, 6.07) is -0.493. The molecule has 1 rings (SSSR count). The smallest absolute Gasteiger partial charge is 0.329 e. The molecule has 1 unspecified atom stereocenters. The first kappa shape index (κ1) is 13.1. The number of carbonyl (C=O) groups excluding carboxylic acids is 2. The highest BCUT2D eigenvalue weighted by atomic mass is 32.2. The van der Waals surface area contributed by atoms with Crippen LogP contribution in [0.25, 0.3) is 0 Å². The first-order valence-corrected chi connectivity index (χ1v) is 6.41. The van der Waals surface area contributed by atoms with Crippen molar-refractivity contribution < 1.29 is 14.3 Å².